The largest absolute Gasteiger partial charge is 0.369 e. The van der Waals surface area contributed by atoms with Gasteiger partial charge < -0.3 is 4.90 Å². The van der Waals surface area contributed by atoms with Gasteiger partial charge in [0.05, 0.1) is 10.7 Å². The summed E-state index contributed by atoms with van der Waals surface area (Å²) < 4.78 is 1.63. The van der Waals surface area contributed by atoms with Crippen LogP contribution in [0.4, 0.5) is 5.69 Å². The number of aromatic nitrogens is 3. The van der Waals surface area contributed by atoms with E-state index >= 15 is 0 Å². The molecule has 10 heteroatoms. The Labute approximate surface area is 209 Å². The molecule has 0 radical (unpaired) electrons. The third-order valence-electron chi connectivity index (χ3n) is 6.32. The minimum Gasteiger partial charge on any atom is -0.369 e. The van der Waals surface area contributed by atoms with Crippen LogP contribution in [-0.2, 0) is 4.79 Å². The molecule has 0 bridgehead atoms. The molecule has 0 spiro atoms. The smallest absolute Gasteiger partial charge is 0.309 e. The average molecular weight is 494 g/mol. The van der Waals surface area contributed by atoms with Gasteiger partial charge in [-0.1, -0.05) is 41.9 Å². The zero-order valence-electron chi connectivity index (χ0n) is 19.4. The van der Waals surface area contributed by atoms with E-state index in [2.05, 4.69) is 42.9 Å². The second-order valence-electron chi connectivity index (χ2n) is 8.85. The molecule has 1 aliphatic carbocycles. The fourth-order valence-corrected chi connectivity index (χ4v) is 4.42. The highest BCUT2D eigenvalue weighted by Gasteiger charge is 2.32. The van der Waals surface area contributed by atoms with Crippen LogP contribution >= 0.6 is 11.6 Å². The first-order valence-electron chi connectivity index (χ1n) is 11.9. The van der Waals surface area contributed by atoms with Crippen LogP contribution in [-0.4, -0.2) is 64.2 Å². The number of nitrogens with one attached hydrogen (secondary N) is 2. The Hall–Kier alpha value is -3.43. The lowest BCUT2D eigenvalue weighted by Gasteiger charge is -2.36. The number of rotatable bonds is 7. The van der Waals surface area contributed by atoms with Gasteiger partial charge in [-0.25, -0.2) is 9.67 Å². The van der Waals surface area contributed by atoms with Gasteiger partial charge in [-0.3, -0.25) is 25.3 Å². The Balaban J connectivity index is 1.10. The Morgan fingerprint density at radius 2 is 1.66 bits per heavy atom. The Kier molecular flexibility index (Phi) is 6.96. The standard InChI is InChI=1S/C25H28ClN7O2/c26-20-8-4-5-9-21(20)33-24(18-10-11-18)27-23(30-33)25(35)29-28-22(34)12-13-31-14-16-32(17-15-31)19-6-2-1-3-7-19/h1-9,18H,10-17H2,(H,28,34)(H,29,35). The van der Waals surface area contributed by atoms with Crippen LogP contribution in [0.25, 0.3) is 5.69 Å². The molecule has 35 heavy (non-hydrogen) atoms. The summed E-state index contributed by atoms with van der Waals surface area (Å²) in [7, 11) is 0. The van der Waals surface area contributed by atoms with Gasteiger partial charge in [0.25, 0.3) is 0 Å². The van der Waals surface area contributed by atoms with Gasteiger partial charge in [0.15, 0.2) is 0 Å². The normalized spacial score (nSPS) is 16.2. The van der Waals surface area contributed by atoms with Gasteiger partial charge in [0.1, 0.15) is 5.82 Å². The third-order valence-corrected chi connectivity index (χ3v) is 6.64. The number of halogens is 1. The van der Waals surface area contributed by atoms with E-state index in [9.17, 15) is 9.59 Å². The van der Waals surface area contributed by atoms with Crippen LogP contribution in [0.5, 0.6) is 0 Å². The number of piperazine rings is 1. The molecule has 2 aliphatic rings. The number of hydrazine groups is 1. The van der Waals surface area contributed by atoms with Crippen molar-refractivity contribution < 1.29 is 9.59 Å². The van der Waals surface area contributed by atoms with Gasteiger partial charge in [0, 0.05) is 50.7 Å². The first kappa shape index (κ1) is 23.3. The van der Waals surface area contributed by atoms with Crippen molar-refractivity contribution >= 4 is 29.1 Å². The van der Waals surface area contributed by atoms with Gasteiger partial charge >= 0.3 is 5.91 Å². The van der Waals surface area contributed by atoms with E-state index in [-0.39, 0.29) is 17.6 Å². The van der Waals surface area contributed by atoms with Crippen LogP contribution in [0.2, 0.25) is 5.02 Å². The highest BCUT2D eigenvalue weighted by Crippen LogP contribution is 2.40. The van der Waals surface area contributed by atoms with Crippen molar-refractivity contribution in [3.63, 3.8) is 0 Å². The lowest BCUT2D eigenvalue weighted by atomic mass is 10.2. The lowest BCUT2D eigenvalue weighted by Crippen LogP contribution is -2.48. The average Bonchev–Trinajstić information content (AvgIpc) is 3.65. The van der Waals surface area contributed by atoms with Crippen LogP contribution < -0.4 is 15.8 Å². The molecule has 1 aromatic heterocycles. The van der Waals surface area contributed by atoms with Crippen LogP contribution in [0.15, 0.2) is 54.6 Å². The summed E-state index contributed by atoms with van der Waals surface area (Å²) in [5, 5.41) is 4.91. The molecule has 2 aromatic carbocycles. The number of benzene rings is 2. The second kappa shape index (κ2) is 10.5. The van der Waals surface area contributed by atoms with Crippen molar-refractivity contribution in [2.75, 3.05) is 37.6 Å². The zero-order valence-corrected chi connectivity index (χ0v) is 20.1. The molecule has 3 aromatic rings. The van der Waals surface area contributed by atoms with Gasteiger partial charge in [-0.2, -0.15) is 0 Å². The quantitative estimate of drug-likeness (QED) is 0.491. The van der Waals surface area contributed by atoms with E-state index < -0.39 is 5.91 Å². The SMILES string of the molecule is O=C(CCN1CCN(c2ccccc2)CC1)NNC(=O)c1nc(C2CC2)n(-c2ccccc2Cl)n1. The van der Waals surface area contributed by atoms with Crippen molar-refractivity contribution in [3.05, 3.63) is 71.3 Å². The molecule has 182 valence electrons. The van der Waals surface area contributed by atoms with E-state index in [4.69, 9.17) is 11.6 Å². The van der Waals surface area contributed by atoms with E-state index in [0.717, 1.165) is 39.0 Å². The number of amides is 2. The highest BCUT2D eigenvalue weighted by molar-refractivity contribution is 6.32. The first-order valence-corrected chi connectivity index (χ1v) is 12.3. The summed E-state index contributed by atoms with van der Waals surface area (Å²) in [5.74, 6) is 0.171. The highest BCUT2D eigenvalue weighted by atomic mass is 35.5. The molecule has 2 heterocycles. The maximum Gasteiger partial charge on any atom is 0.309 e. The van der Waals surface area contributed by atoms with E-state index in [0.29, 0.717) is 29.5 Å². The fourth-order valence-electron chi connectivity index (χ4n) is 4.20. The van der Waals surface area contributed by atoms with E-state index in [1.165, 1.54) is 5.69 Å². The van der Waals surface area contributed by atoms with E-state index in [1.807, 2.05) is 36.4 Å². The van der Waals surface area contributed by atoms with Crippen LogP contribution in [0.1, 0.15) is 41.6 Å². The number of carbonyl (C=O) groups is 2. The number of hydrogen-bond donors (Lipinski definition) is 2. The van der Waals surface area contributed by atoms with Gasteiger partial charge in [-0.05, 0) is 37.1 Å². The van der Waals surface area contributed by atoms with Crippen molar-refractivity contribution in [2.24, 2.45) is 0 Å². The van der Waals surface area contributed by atoms with Crippen LogP contribution in [0, 0.1) is 0 Å². The molecule has 1 aliphatic heterocycles. The lowest BCUT2D eigenvalue weighted by molar-refractivity contribution is -0.122. The maximum absolute atomic E-state index is 12.6. The monoisotopic (exact) mass is 493 g/mol. The molecule has 2 amide bonds. The second-order valence-corrected chi connectivity index (χ2v) is 9.25. The minimum atomic E-state index is -0.553. The van der Waals surface area contributed by atoms with Crippen molar-refractivity contribution in [1.82, 2.24) is 30.5 Å². The molecule has 9 nitrogen and oxygen atoms in total. The van der Waals surface area contributed by atoms with E-state index in [1.54, 1.807) is 10.7 Å². The maximum atomic E-state index is 12.6. The predicted molar refractivity (Wildman–Crippen MR) is 134 cm³/mol. The topological polar surface area (TPSA) is 95.4 Å². The minimum absolute atomic E-state index is 0.00385. The molecule has 0 unspecified atom stereocenters. The van der Waals surface area contributed by atoms with Gasteiger partial charge in [-0.15, -0.1) is 5.10 Å². The van der Waals surface area contributed by atoms with Crippen LogP contribution in [0.3, 0.4) is 0 Å². The fraction of sp³-hybridized carbons (Fsp3) is 0.360. The third kappa shape index (κ3) is 5.63. The Morgan fingerprint density at radius 3 is 2.37 bits per heavy atom. The summed E-state index contributed by atoms with van der Waals surface area (Å²) >= 11 is 6.33. The molecular formula is C25H28ClN7O2. The molecule has 1 saturated heterocycles. The van der Waals surface area contributed by atoms with Gasteiger partial charge in [0.2, 0.25) is 11.7 Å². The molecule has 2 N–H and O–H groups in total. The first-order chi connectivity index (χ1) is 17.1. The summed E-state index contributed by atoms with van der Waals surface area (Å²) in [6.45, 7) is 4.26. The number of hydrogen-bond acceptors (Lipinski definition) is 6. The number of para-hydroxylation sites is 2. The number of anilines is 1. The number of carbonyl (C=O) groups excluding carboxylic acids is 2. The zero-order chi connectivity index (χ0) is 24.2. The molecule has 2 fully saturated rings. The Bertz CT molecular complexity index is 1190. The molecule has 1 saturated carbocycles. The van der Waals surface area contributed by atoms with Crippen molar-refractivity contribution in [2.45, 2.75) is 25.2 Å². The molecule has 0 atom stereocenters. The summed E-state index contributed by atoms with van der Waals surface area (Å²) in [4.78, 5) is 34.0. The van der Waals surface area contributed by atoms with Crippen molar-refractivity contribution in [3.8, 4) is 5.69 Å². The summed E-state index contributed by atoms with van der Waals surface area (Å²) in [6.07, 6.45) is 2.29. The number of nitrogens with zero attached hydrogens (tertiary/aromatic N) is 5. The Morgan fingerprint density at radius 1 is 0.943 bits per heavy atom. The summed E-state index contributed by atoms with van der Waals surface area (Å²) in [6, 6.07) is 17.7. The predicted octanol–water partition coefficient (Wildman–Crippen LogP) is 2.77. The molecular weight excluding hydrogens is 466 g/mol. The molecule has 5 rings (SSSR count). The summed E-state index contributed by atoms with van der Waals surface area (Å²) in [5.41, 5.74) is 6.84. The van der Waals surface area contributed by atoms with Crippen molar-refractivity contribution in [1.29, 1.82) is 0 Å².